The first-order valence-electron chi connectivity index (χ1n) is 6.26. The molecule has 1 aliphatic rings. The predicted octanol–water partition coefficient (Wildman–Crippen LogP) is 2.97. The van der Waals surface area contributed by atoms with Gasteiger partial charge in [0.1, 0.15) is 5.75 Å². The van der Waals surface area contributed by atoms with Crippen LogP contribution in [-0.4, -0.2) is 48.9 Å². The number of benzene rings is 1. The van der Waals surface area contributed by atoms with Gasteiger partial charge >= 0.3 is 0 Å². The Bertz CT molecular complexity index is 461. The standard InChI is InChI=1S/C14H18ClNO2S/c1-16(11-5-6-19-9-11)8-13(17)10-3-4-14(18-2)12(15)7-10/h3-4,7,11H,5-6,8-9H2,1-2H3. The molecule has 1 heterocycles. The summed E-state index contributed by atoms with van der Waals surface area (Å²) in [6.07, 6.45) is 1.16. The summed E-state index contributed by atoms with van der Waals surface area (Å²) in [6.45, 7) is 0.438. The van der Waals surface area contributed by atoms with Gasteiger partial charge in [0.05, 0.1) is 18.7 Å². The minimum atomic E-state index is 0.101. The van der Waals surface area contributed by atoms with Crippen LogP contribution in [-0.2, 0) is 0 Å². The summed E-state index contributed by atoms with van der Waals surface area (Å²) in [5.41, 5.74) is 0.642. The van der Waals surface area contributed by atoms with E-state index in [-0.39, 0.29) is 5.78 Å². The smallest absolute Gasteiger partial charge is 0.176 e. The highest BCUT2D eigenvalue weighted by molar-refractivity contribution is 7.99. The number of hydrogen-bond donors (Lipinski definition) is 0. The van der Waals surface area contributed by atoms with E-state index < -0.39 is 0 Å². The number of nitrogens with zero attached hydrogens (tertiary/aromatic N) is 1. The number of hydrogen-bond acceptors (Lipinski definition) is 4. The number of halogens is 1. The van der Waals surface area contributed by atoms with E-state index in [1.165, 1.54) is 5.75 Å². The van der Waals surface area contributed by atoms with Gasteiger partial charge in [0, 0.05) is 17.4 Å². The van der Waals surface area contributed by atoms with E-state index in [2.05, 4.69) is 4.90 Å². The number of carbonyl (C=O) groups excluding carboxylic acids is 1. The summed E-state index contributed by atoms with van der Waals surface area (Å²) in [6, 6.07) is 5.70. The van der Waals surface area contributed by atoms with Crippen LogP contribution in [0.1, 0.15) is 16.8 Å². The Kier molecular flexibility index (Phi) is 5.13. The molecule has 1 aromatic carbocycles. The lowest BCUT2D eigenvalue weighted by molar-refractivity contribution is 0.0927. The fraction of sp³-hybridized carbons (Fsp3) is 0.500. The summed E-state index contributed by atoms with van der Waals surface area (Å²) in [5.74, 6) is 3.01. The molecule has 0 amide bonds. The van der Waals surface area contributed by atoms with Crippen LogP contribution in [0.3, 0.4) is 0 Å². The van der Waals surface area contributed by atoms with Crippen molar-refractivity contribution in [2.45, 2.75) is 12.5 Å². The molecular formula is C14H18ClNO2S. The monoisotopic (exact) mass is 299 g/mol. The topological polar surface area (TPSA) is 29.5 Å². The van der Waals surface area contributed by atoms with Crippen molar-refractivity contribution in [3.8, 4) is 5.75 Å². The highest BCUT2D eigenvalue weighted by atomic mass is 35.5. The van der Waals surface area contributed by atoms with Gasteiger partial charge in [0.25, 0.3) is 0 Å². The first kappa shape index (κ1) is 14.7. The van der Waals surface area contributed by atoms with Crippen molar-refractivity contribution in [3.05, 3.63) is 28.8 Å². The van der Waals surface area contributed by atoms with Crippen molar-refractivity contribution < 1.29 is 9.53 Å². The number of Topliss-reactive ketones (excluding diaryl/α,β-unsaturated/α-hetero) is 1. The van der Waals surface area contributed by atoms with Gasteiger partial charge in [-0.2, -0.15) is 11.8 Å². The Morgan fingerprint density at radius 2 is 2.37 bits per heavy atom. The fourth-order valence-corrected chi connectivity index (χ4v) is 3.71. The van der Waals surface area contributed by atoms with Crippen LogP contribution >= 0.6 is 23.4 Å². The zero-order chi connectivity index (χ0) is 13.8. The molecule has 0 bridgehead atoms. The van der Waals surface area contributed by atoms with Crippen LogP contribution in [0.25, 0.3) is 0 Å². The highest BCUT2D eigenvalue weighted by Gasteiger charge is 2.22. The van der Waals surface area contributed by atoms with E-state index in [1.54, 1.807) is 25.3 Å². The first-order chi connectivity index (χ1) is 9.11. The molecule has 2 rings (SSSR count). The Hall–Kier alpha value is -0.710. The number of ether oxygens (including phenoxy) is 1. The lowest BCUT2D eigenvalue weighted by Crippen LogP contribution is -2.35. The average molecular weight is 300 g/mol. The number of rotatable bonds is 5. The maximum absolute atomic E-state index is 12.2. The quantitative estimate of drug-likeness (QED) is 0.782. The lowest BCUT2D eigenvalue weighted by Gasteiger charge is -2.22. The third kappa shape index (κ3) is 3.65. The van der Waals surface area contributed by atoms with E-state index in [0.717, 1.165) is 12.2 Å². The Labute approximate surface area is 123 Å². The lowest BCUT2D eigenvalue weighted by atomic mass is 10.1. The molecule has 1 saturated heterocycles. The van der Waals surface area contributed by atoms with Gasteiger partial charge in [-0.05, 0) is 37.4 Å². The van der Waals surface area contributed by atoms with Crippen molar-refractivity contribution in [1.82, 2.24) is 4.90 Å². The van der Waals surface area contributed by atoms with E-state index in [1.807, 2.05) is 18.8 Å². The molecule has 0 aromatic heterocycles. The third-order valence-electron chi connectivity index (χ3n) is 3.40. The highest BCUT2D eigenvalue weighted by Crippen LogP contribution is 2.26. The van der Waals surface area contributed by atoms with E-state index >= 15 is 0 Å². The summed E-state index contributed by atoms with van der Waals surface area (Å²) < 4.78 is 5.09. The second-order valence-corrected chi connectivity index (χ2v) is 6.26. The van der Waals surface area contributed by atoms with Crippen LogP contribution in [0.15, 0.2) is 18.2 Å². The molecule has 0 spiro atoms. The van der Waals surface area contributed by atoms with Crippen LogP contribution < -0.4 is 4.74 Å². The summed E-state index contributed by atoms with van der Waals surface area (Å²) in [7, 11) is 3.58. The molecule has 0 radical (unpaired) electrons. The van der Waals surface area contributed by atoms with Gasteiger partial charge in [-0.25, -0.2) is 0 Å². The number of likely N-dealkylation sites (N-methyl/N-ethyl adjacent to an activating group) is 1. The Balaban J connectivity index is 2.01. The molecule has 0 saturated carbocycles. The van der Waals surface area contributed by atoms with Crippen molar-refractivity contribution in [1.29, 1.82) is 0 Å². The van der Waals surface area contributed by atoms with Gasteiger partial charge < -0.3 is 4.74 Å². The largest absolute Gasteiger partial charge is 0.495 e. The molecule has 1 aliphatic heterocycles. The average Bonchev–Trinajstić information content (AvgIpc) is 2.92. The zero-order valence-corrected chi connectivity index (χ0v) is 12.8. The molecule has 1 aromatic rings. The SMILES string of the molecule is COc1ccc(C(=O)CN(C)C2CCSC2)cc1Cl. The molecule has 3 nitrogen and oxygen atoms in total. The van der Waals surface area contributed by atoms with Crippen molar-refractivity contribution in [3.63, 3.8) is 0 Å². The molecule has 104 valence electrons. The van der Waals surface area contributed by atoms with Crippen LogP contribution in [0.4, 0.5) is 0 Å². The molecule has 0 aliphatic carbocycles. The van der Waals surface area contributed by atoms with Crippen molar-refractivity contribution in [2.75, 3.05) is 32.2 Å². The molecule has 1 fully saturated rings. The van der Waals surface area contributed by atoms with Gasteiger partial charge in [-0.3, -0.25) is 9.69 Å². The number of ketones is 1. The van der Waals surface area contributed by atoms with Crippen LogP contribution in [0.2, 0.25) is 5.02 Å². The zero-order valence-electron chi connectivity index (χ0n) is 11.2. The minimum absolute atomic E-state index is 0.101. The molecule has 1 atom stereocenters. The Morgan fingerprint density at radius 3 is 2.95 bits per heavy atom. The third-order valence-corrected chi connectivity index (χ3v) is 4.84. The van der Waals surface area contributed by atoms with Crippen LogP contribution in [0.5, 0.6) is 5.75 Å². The normalized spacial score (nSPS) is 18.8. The number of methoxy groups -OCH3 is 1. The van der Waals surface area contributed by atoms with Gasteiger partial charge in [0.15, 0.2) is 5.78 Å². The molecular weight excluding hydrogens is 282 g/mol. The van der Waals surface area contributed by atoms with Gasteiger partial charge in [-0.1, -0.05) is 11.6 Å². The maximum Gasteiger partial charge on any atom is 0.176 e. The molecule has 1 unspecified atom stereocenters. The summed E-state index contributed by atoms with van der Waals surface area (Å²) >= 11 is 7.99. The van der Waals surface area contributed by atoms with Gasteiger partial charge in [0.2, 0.25) is 0 Å². The van der Waals surface area contributed by atoms with E-state index in [4.69, 9.17) is 16.3 Å². The van der Waals surface area contributed by atoms with Crippen LogP contribution in [0, 0.1) is 0 Å². The Morgan fingerprint density at radius 1 is 1.58 bits per heavy atom. The number of thioether (sulfide) groups is 1. The second-order valence-electron chi connectivity index (χ2n) is 4.71. The van der Waals surface area contributed by atoms with E-state index in [9.17, 15) is 4.79 Å². The summed E-state index contributed by atoms with van der Waals surface area (Å²) in [5, 5.41) is 0.479. The minimum Gasteiger partial charge on any atom is -0.495 e. The second kappa shape index (κ2) is 6.64. The summed E-state index contributed by atoms with van der Waals surface area (Å²) in [4.78, 5) is 14.4. The van der Waals surface area contributed by atoms with Crippen molar-refractivity contribution in [2.24, 2.45) is 0 Å². The van der Waals surface area contributed by atoms with Crippen molar-refractivity contribution >= 4 is 29.1 Å². The van der Waals surface area contributed by atoms with E-state index in [0.29, 0.717) is 28.9 Å². The predicted molar refractivity (Wildman–Crippen MR) is 80.7 cm³/mol. The fourth-order valence-electron chi connectivity index (χ4n) is 2.16. The first-order valence-corrected chi connectivity index (χ1v) is 7.80. The van der Waals surface area contributed by atoms with Gasteiger partial charge in [-0.15, -0.1) is 0 Å². The number of carbonyl (C=O) groups is 1. The molecule has 19 heavy (non-hydrogen) atoms. The maximum atomic E-state index is 12.2. The molecule has 0 N–H and O–H groups in total. The molecule has 5 heteroatoms.